The van der Waals surface area contributed by atoms with Gasteiger partial charge in [0.25, 0.3) is 0 Å². The van der Waals surface area contributed by atoms with Gasteiger partial charge in [-0.2, -0.15) is 0 Å². The first kappa shape index (κ1) is 19.1. The van der Waals surface area contributed by atoms with E-state index < -0.39 is 6.36 Å². The van der Waals surface area contributed by atoms with Crippen molar-refractivity contribution in [3.05, 3.63) is 76.4 Å². The molecular weight excluding hydrogens is 361 g/mol. The van der Waals surface area contributed by atoms with Gasteiger partial charge >= 0.3 is 6.36 Å². The number of fused-ring (bicyclic) bond motifs is 3. The summed E-state index contributed by atoms with van der Waals surface area (Å²) in [5.74, 6) is 0.853. The molecule has 2 atom stereocenters. The van der Waals surface area contributed by atoms with Gasteiger partial charge < -0.3 is 4.74 Å². The third-order valence-electron chi connectivity index (χ3n) is 6.13. The Kier molecular flexibility index (Phi) is 5.22. The average molecular weight is 386 g/mol. The molecule has 2 aliphatic rings. The van der Waals surface area contributed by atoms with Crippen LogP contribution in [0, 0.1) is 5.92 Å². The summed E-state index contributed by atoms with van der Waals surface area (Å²) < 4.78 is 41.0. The fraction of sp³-hybridized carbons (Fsp3) is 0.417. The standard InChI is InChI=1S/C24H25F3O/c1-2-3-16-4-12-22-19(14-16)5-6-20-15-18(9-13-23(20)22)17-7-10-21(11-8-17)28-24(25,26)27/h2-3,5-8,10-11,16,18H,4,9,12-15H2,1H3/b3-2+. The quantitative estimate of drug-likeness (QED) is 0.544. The first-order chi connectivity index (χ1) is 13.4. The van der Waals surface area contributed by atoms with E-state index in [4.69, 9.17) is 0 Å². The van der Waals surface area contributed by atoms with Gasteiger partial charge in [0, 0.05) is 0 Å². The van der Waals surface area contributed by atoms with Gasteiger partial charge in [-0.25, -0.2) is 0 Å². The predicted molar refractivity (Wildman–Crippen MR) is 105 cm³/mol. The Morgan fingerprint density at radius 1 is 0.893 bits per heavy atom. The van der Waals surface area contributed by atoms with Gasteiger partial charge in [0.05, 0.1) is 0 Å². The highest BCUT2D eigenvalue weighted by atomic mass is 19.4. The van der Waals surface area contributed by atoms with Gasteiger partial charge in [0.15, 0.2) is 0 Å². The molecule has 0 N–H and O–H groups in total. The smallest absolute Gasteiger partial charge is 0.406 e. The number of hydrogen-bond acceptors (Lipinski definition) is 1. The van der Waals surface area contributed by atoms with E-state index in [0.29, 0.717) is 11.8 Å². The summed E-state index contributed by atoms with van der Waals surface area (Å²) in [7, 11) is 0. The summed E-state index contributed by atoms with van der Waals surface area (Å²) in [5, 5.41) is 0. The molecule has 0 radical (unpaired) electrons. The Bertz CT molecular complexity index is 865. The molecule has 2 unspecified atom stereocenters. The second kappa shape index (κ2) is 7.65. The molecule has 0 amide bonds. The number of benzene rings is 2. The van der Waals surface area contributed by atoms with Gasteiger partial charge in [-0.3, -0.25) is 0 Å². The lowest BCUT2D eigenvalue weighted by atomic mass is 9.74. The molecular formula is C24H25F3O. The zero-order valence-corrected chi connectivity index (χ0v) is 16.1. The van der Waals surface area contributed by atoms with E-state index >= 15 is 0 Å². The minimum absolute atomic E-state index is 0.155. The second-order valence-corrected chi connectivity index (χ2v) is 7.93. The van der Waals surface area contributed by atoms with Crippen LogP contribution in [0.1, 0.15) is 53.5 Å². The molecule has 4 rings (SSSR count). The number of hydrogen-bond donors (Lipinski definition) is 0. The average Bonchev–Trinajstić information content (AvgIpc) is 2.67. The zero-order valence-electron chi connectivity index (χ0n) is 16.1. The number of halogens is 3. The maximum absolute atomic E-state index is 12.3. The van der Waals surface area contributed by atoms with Crippen molar-refractivity contribution >= 4 is 0 Å². The van der Waals surface area contributed by atoms with Crippen molar-refractivity contribution < 1.29 is 17.9 Å². The van der Waals surface area contributed by atoms with Gasteiger partial charge in [-0.05, 0) is 97.2 Å². The van der Waals surface area contributed by atoms with E-state index in [1.807, 2.05) is 0 Å². The van der Waals surface area contributed by atoms with E-state index in [1.165, 1.54) is 35.2 Å². The van der Waals surface area contributed by atoms with Gasteiger partial charge in [-0.15, -0.1) is 13.2 Å². The molecule has 0 bridgehead atoms. The Labute approximate surface area is 164 Å². The molecule has 1 nitrogen and oxygen atoms in total. The summed E-state index contributed by atoms with van der Waals surface area (Å²) in [6, 6.07) is 11.0. The van der Waals surface area contributed by atoms with Crippen LogP contribution in [-0.2, 0) is 25.7 Å². The molecule has 0 spiro atoms. The summed E-state index contributed by atoms with van der Waals surface area (Å²) in [5.41, 5.74) is 7.09. The van der Waals surface area contributed by atoms with Crippen molar-refractivity contribution in [2.24, 2.45) is 5.92 Å². The van der Waals surface area contributed by atoms with E-state index in [9.17, 15) is 13.2 Å². The van der Waals surface area contributed by atoms with Crippen LogP contribution < -0.4 is 4.74 Å². The van der Waals surface area contributed by atoms with Crippen LogP contribution in [0.4, 0.5) is 13.2 Å². The predicted octanol–water partition coefficient (Wildman–Crippen LogP) is 6.54. The van der Waals surface area contributed by atoms with Crippen molar-refractivity contribution in [1.82, 2.24) is 0 Å². The maximum atomic E-state index is 12.3. The highest BCUT2D eigenvalue weighted by Crippen LogP contribution is 2.39. The lowest BCUT2D eigenvalue weighted by Crippen LogP contribution is -2.20. The van der Waals surface area contributed by atoms with Crippen LogP contribution in [0.2, 0.25) is 0 Å². The monoisotopic (exact) mass is 386 g/mol. The van der Waals surface area contributed by atoms with E-state index in [1.54, 1.807) is 17.7 Å². The molecule has 0 saturated heterocycles. The van der Waals surface area contributed by atoms with Crippen molar-refractivity contribution in [2.75, 3.05) is 0 Å². The fourth-order valence-corrected chi connectivity index (χ4v) is 4.86. The van der Waals surface area contributed by atoms with Crippen LogP contribution in [0.3, 0.4) is 0 Å². The molecule has 0 heterocycles. The molecule has 28 heavy (non-hydrogen) atoms. The van der Waals surface area contributed by atoms with Crippen molar-refractivity contribution in [3.63, 3.8) is 0 Å². The van der Waals surface area contributed by atoms with Crippen LogP contribution in [0.5, 0.6) is 5.75 Å². The first-order valence-corrected chi connectivity index (χ1v) is 10.0. The van der Waals surface area contributed by atoms with Crippen molar-refractivity contribution in [2.45, 2.75) is 57.7 Å². The topological polar surface area (TPSA) is 9.23 Å². The number of ether oxygens (including phenoxy) is 1. The zero-order chi connectivity index (χ0) is 19.7. The van der Waals surface area contributed by atoms with Gasteiger partial charge in [-0.1, -0.05) is 36.4 Å². The van der Waals surface area contributed by atoms with Crippen LogP contribution >= 0.6 is 0 Å². The molecule has 0 aliphatic heterocycles. The van der Waals surface area contributed by atoms with Gasteiger partial charge in [0.2, 0.25) is 0 Å². The van der Waals surface area contributed by atoms with E-state index in [0.717, 1.165) is 37.7 Å². The van der Waals surface area contributed by atoms with Crippen LogP contribution in [0.15, 0.2) is 48.6 Å². The lowest BCUT2D eigenvalue weighted by Gasteiger charge is -2.31. The third kappa shape index (κ3) is 4.11. The molecule has 4 heteroatoms. The van der Waals surface area contributed by atoms with Crippen molar-refractivity contribution in [1.29, 1.82) is 0 Å². The van der Waals surface area contributed by atoms with E-state index in [2.05, 4.69) is 35.9 Å². The lowest BCUT2D eigenvalue weighted by molar-refractivity contribution is -0.274. The van der Waals surface area contributed by atoms with Gasteiger partial charge in [0.1, 0.15) is 5.75 Å². The van der Waals surface area contributed by atoms with Crippen LogP contribution in [0.25, 0.3) is 0 Å². The summed E-state index contributed by atoms with van der Waals surface area (Å²) in [6.07, 6.45) is 6.40. The SMILES string of the molecule is C/C=C/C1CCc2c(ccc3c2CCC(c2ccc(OC(F)(F)F)cc2)C3)C1. The summed E-state index contributed by atoms with van der Waals surface area (Å²) in [6.45, 7) is 2.09. The highest BCUT2D eigenvalue weighted by Gasteiger charge is 2.31. The highest BCUT2D eigenvalue weighted by molar-refractivity contribution is 5.46. The first-order valence-electron chi connectivity index (χ1n) is 10.0. The summed E-state index contributed by atoms with van der Waals surface area (Å²) >= 11 is 0. The third-order valence-corrected chi connectivity index (χ3v) is 6.13. The number of alkyl halides is 3. The fourth-order valence-electron chi connectivity index (χ4n) is 4.86. The molecule has 0 aromatic heterocycles. The molecule has 0 fully saturated rings. The van der Waals surface area contributed by atoms with Crippen LogP contribution in [-0.4, -0.2) is 6.36 Å². The summed E-state index contributed by atoms with van der Waals surface area (Å²) in [4.78, 5) is 0. The molecule has 2 aromatic rings. The molecule has 2 aliphatic carbocycles. The Hall–Kier alpha value is -2.23. The van der Waals surface area contributed by atoms with Crippen molar-refractivity contribution in [3.8, 4) is 5.75 Å². The normalized spacial score (nSPS) is 22.0. The Morgan fingerprint density at radius 2 is 1.54 bits per heavy atom. The molecule has 2 aromatic carbocycles. The second-order valence-electron chi connectivity index (χ2n) is 7.93. The molecule has 0 saturated carbocycles. The largest absolute Gasteiger partial charge is 0.573 e. The maximum Gasteiger partial charge on any atom is 0.573 e. The minimum Gasteiger partial charge on any atom is -0.406 e. The van der Waals surface area contributed by atoms with E-state index in [-0.39, 0.29) is 5.75 Å². The number of allylic oxidation sites excluding steroid dienone is 2. The Morgan fingerprint density at radius 3 is 2.18 bits per heavy atom. The number of rotatable bonds is 3. The Balaban J connectivity index is 1.50. The molecule has 148 valence electrons. The minimum atomic E-state index is -4.64.